The molecule has 0 bridgehead atoms. The molecule has 22 heavy (non-hydrogen) atoms. The molecule has 7 heteroatoms. The van der Waals surface area contributed by atoms with Crippen LogP contribution in [-0.2, 0) is 21.2 Å². The van der Waals surface area contributed by atoms with Crippen molar-refractivity contribution in [2.45, 2.75) is 39.2 Å². The van der Waals surface area contributed by atoms with Crippen molar-refractivity contribution in [1.29, 1.82) is 0 Å². The lowest BCUT2D eigenvalue weighted by Gasteiger charge is -2.32. The van der Waals surface area contributed by atoms with Crippen molar-refractivity contribution in [2.75, 3.05) is 22.4 Å². The van der Waals surface area contributed by atoms with Crippen molar-refractivity contribution in [1.82, 2.24) is 0 Å². The van der Waals surface area contributed by atoms with Crippen molar-refractivity contribution >= 4 is 27.5 Å². The Labute approximate surface area is 131 Å². The van der Waals surface area contributed by atoms with Crippen LogP contribution in [0.25, 0.3) is 0 Å². The maximum absolute atomic E-state index is 12.3. The molecule has 0 unspecified atom stereocenters. The van der Waals surface area contributed by atoms with E-state index in [0.29, 0.717) is 17.9 Å². The monoisotopic (exact) mass is 326 g/mol. The fraction of sp³-hybridized carbons (Fsp3) is 0.533. The van der Waals surface area contributed by atoms with Gasteiger partial charge < -0.3 is 4.74 Å². The van der Waals surface area contributed by atoms with Gasteiger partial charge in [0.2, 0.25) is 10.0 Å². The zero-order valence-corrected chi connectivity index (χ0v) is 14.2. The number of amides is 1. The Balaban J connectivity index is 2.32. The van der Waals surface area contributed by atoms with E-state index in [4.69, 9.17) is 4.74 Å². The van der Waals surface area contributed by atoms with Crippen molar-refractivity contribution in [3.05, 3.63) is 23.8 Å². The summed E-state index contributed by atoms with van der Waals surface area (Å²) in [6.45, 7) is 6.01. The van der Waals surface area contributed by atoms with Gasteiger partial charge in [-0.1, -0.05) is 6.07 Å². The van der Waals surface area contributed by atoms with Crippen LogP contribution in [0.3, 0.4) is 0 Å². The molecule has 1 heterocycles. The molecule has 1 amide bonds. The first-order valence-electron chi connectivity index (χ1n) is 7.16. The van der Waals surface area contributed by atoms with Gasteiger partial charge in [-0.3, -0.25) is 9.62 Å². The fourth-order valence-corrected chi connectivity index (χ4v) is 2.91. The summed E-state index contributed by atoms with van der Waals surface area (Å²) in [5, 5.41) is 0. The lowest BCUT2D eigenvalue weighted by Crippen LogP contribution is -2.39. The van der Waals surface area contributed by atoms with E-state index < -0.39 is 21.7 Å². The molecule has 6 nitrogen and oxygen atoms in total. The topological polar surface area (TPSA) is 75.7 Å². The fourth-order valence-electron chi connectivity index (χ4n) is 2.36. The molecule has 1 aromatic rings. The van der Waals surface area contributed by atoms with Crippen LogP contribution in [0.4, 0.5) is 16.2 Å². The van der Waals surface area contributed by atoms with E-state index in [1.54, 1.807) is 17.0 Å². The normalized spacial score (nSPS) is 15.2. The number of carbonyl (C=O) groups is 1. The van der Waals surface area contributed by atoms with Crippen LogP contribution in [-0.4, -0.2) is 32.9 Å². The molecule has 1 aromatic carbocycles. The van der Waals surface area contributed by atoms with Gasteiger partial charge in [-0.2, -0.15) is 0 Å². The molecule has 122 valence electrons. The molecule has 0 spiro atoms. The molecule has 1 aliphatic rings. The molecule has 1 aliphatic heterocycles. The first-order chi connectivity index (χ1) is 10.1. The maximum atomic E-state index is 12.3. The van der Waals surface area contributed by atoms with Crippen molar-refractivity contribution < 1.29 is 17.9 Å². The van der Waals surface area contributed by atoms with Gasteiger partial charge in [-0.05, 0) is 51.3 Å². The number of hydrogen-bond donors (Lipinski definition) is 1. The number of carbonyl (C=O) groups excluding carboxylic acids is 1. The third-order valence-electron chi connectivity index (χ3n) is 3.12. The molecular formula is C15H22N2O4S. The summed E-state index contributed by atoms with van der Waals surface area (Å²) in [6, 6.07) is 5.23. The smallest absolute Gasteiger partial charge is 0.414 e. The van der Waals surface area contributed by atoms with Crippen molar-refractivity contribution in [3.63, 3.8) is 0 Å². The first kappa shape index (κ1) is 16.6. The summed E-state index contributed by atoms with van der Waals surface area (Å²) in [6.07, 6.45) is 2.39. The predicted molar refractivity (Wildman–Crippen MR) is 86.8 cm³/mol. The Kier molecular flexibility index (Phi) is 4.37. The lowest BCUT2D eigenvalue weighted by atomic mass is 10.0. The minimum atomic E-state index is -3.35. The third-order valence-corrected chi connectivity index (χ3v) is 3.73. The van der Waals surface area contributed by atoms with Gasteiger partial charge in [0.15, 0.2) is 0 Å². The average Bonchev–Trinajstić information content (AvgIpc) is 2.33. The molecule has 2 rings (SSSR count). The second kappa shape index (κ2) is 5.79. The Morgan fingerprint density at radius 1 is 1.32 bits per heavy atom. The summed E-state index contributed by atoms with van der Waals surface area (Å²) >= 11 is 0. The number of fused-ring (bicyclic) bond motifs is 1. The summed E-state index contributed by atoms with van der Waals surface area (Å²) in [5.74, 6) is 0. The highest BCUT2D eigenvalue weighted by atomic mass is 32.2. The molecule has 0 atom stereocenters. The predicted octanol–water partition coefficient (Wildman–Crippen LogP) is 2.75. The Bertz CT molecular complexity index is 677. The third kappa shape index (κ3) is 4.37. The largest absolute Gasteiger partial charge is 0.443 e. The van der Waals surface area contributed by atoms with E-state index in [0.717, 1.165) is 24.7 Å². The number of rotatable bonds is 2. The van der Waals surface area contributed by atoms with E-state index >= 15 is 0 Å². The second-order valence-corrected chi connectivity index (χ2v) is 8.20. The SMILES string of the molecule is CC(C)(C)OC(=O)N1CCCc2ccc(NS(C)(=O)=O)cc21. The van der Waals surface area contributed by atoms with Gasteiger partial charge in [-0.15, -0.1) is 0 Å². The Morgan fingerprint density at radius 2 is 2.00 bits per heavy atom. The van der Waals surface area contributed by atoms with Gasteiger partial charge in [0.25, 0.3) is 0 Å². The minimum absolute atomic E-state index is 0.412. The number of sulfonamides is 1. The van der Waals surface area contributed by atoms with E-state index in [2.05, 4.69) is 4.72 Å². The van der Waals surface area contributed by atoms with Crippen LogP contribution in [0.2, 0.25) is 0 Å². The van der Waals surface area contributed by atoms with Crippen LogP contribution in [0, 0.1) is 0 Å². The van der Waals surface area contributed by atoms with Crippen LogP contribution in [0.15, 0.2) is 18.2 Å². The standard InChI is InChI=1S/C15H22N2O4S/c1-15(2,3)21-14(18)17-9-5-6-11-7-8-12(10-13(11)17)16-22(4,19)20/h7-8,10,16H,5-6,9H2,1-4H3. The average molecular weight is 326 g/mol. The molecule has 0 aromatic heterocycles. The highest BCUT2D eigenvalue weighted by molar-refractivity contribution is 7.92. The lowest BCUT2D eigenvalue weighted by molar-refractivity contribution is 0.0578. The molecular weight excluding hydrogens is 304 g/mol. The van der Waals surface area contributed by atoms with Gasteiger partial charge in [0.1, 0.15) is 5.60 Å². The highest BCUT2D eigenvalue weighted by Crippen LogP contribution is 2.31. The number of nitrogens with zero attached hydrogens (tertiary/aromatic N) is 1. The van der Waals surface area contributed by atoms with Crippen LogP contribution in [0.5, 0.6) is 0 Å². The number of hydrogen-bond acceptors (Lipinski definition) is 4. The van der Waals surface area contributed by atoms with Crippen molar-refractivity contribution in [2.24, 2.45) is 0 Å². The quantitative estimate of drug-likeness (QED) is 0.906. The highest BCUT2D eigenvalue weighted by Gasteiger charge is 2.27. The summed E-state index contributed by atoms with van der Waals surface area (Å²) < 4.78 is 30.6. The van der Waals surface area contributed by atoms with Crippen LogP contribution < -0.4 is 9.62 Å². The summed E-state index contributed by atoms with van der Waals surface area (Å²) in [5.41, 5.74) is 1.58. The zero-order valence-electron chi connectivity index (χ0n) is 13.3. The second-order valence-electron chi connectivity index (χ2n) is 6.45. The molecule has 0 radical (unpaired) electrons. The van der Waals surface area contributed by atoms with E-state index in [-0.39, 0.29) is 0 Å². The molecule has 0 saturated carbocycles. The van der Waals surface area contributed by atoms with Crippen LogP contribution >= 0.6 is 0 Å². The van der Waals surface area contributed by atoms with Gasteiger partial charge in [0, 0.05) is 6.54 Å². The number of nitrogens with one attached hydrogen (secondary N) is 1. The van der Waals surface area contributed by atoms with Gasteiger partial charge in [0.05, 0.1) is 17.6 Å². The number of benzene rings is 1. The number of aryl methyl sites for hydroxylation is 1. The Hall–Kier alpha value is -1.76. The molecule has 1 N–H and O–H groups in total. The van der Waals surface area contributed by atoms with Gasteiger partial charge >= 0.3 is 6.09 Å². The van der Waals surface area contributed by atoms with Crippen molar-refractivity contribution in [3.8, 4) is 0 Å². The van der Waals surface area contributed by atoms with Gasteiger partial charge in [-0.25, -0.2) is 13.2 Å². The molecule has 0 fully saturated rings. The summed E-state index contributed by atoms with van der Waals surface area (Å²) in [4.78, 5) is 13.9. The Morgan fingerprint density at radius 3 is 2.59 bits per heavy atom. The first-order valence-corrected chi connectivity index (χ1v) is 9.05. The molecule has 0 aliphatic carbocycles. The van der Waals surface area contributed by atoms with E-state index in [1.165, 1.54) is 0 Å². The maximum Gasteiger partial charge on any atom is 0.414 e. The minimum Gasteiger partial charge on any atom is -0.443 e. The number of ether oxygens (including phenoxy) is 1. The summed E-state index contributed by atoms with van der Waals surface area (Å²) in [7, 11) is -3.35. The van der Waals surface area contributed by atoms with E-state index in [9.17, 15) is 13.2 Å². The zero-order chi connectivity index (χ0) is 16.5. The van der Waals surface area contributed by atoms with Crippen LogP contribution in [0.1, 0.15) is 32.8 Å². The molecule has 0 saturated heterocycles. The van der Waals surface area contributed by atoms with E-state index in [1.807, 2.05) is 26.8 Å². The number of anilines is 2.